The number of esters is 1. The third kappa shape index (κ3) is 3.57. The van der Waals surface area contributed by atoms with E-state index in [9.17, 15) is 9.18 Å². The average molecular weight is 332 g/mol. The zero-order valence-electron chi connectivity index (χ0n) is 11.8. The van der Waals surface area contributed by atoms with E-state index < -0.39 is 11.8 Å². The molecule has 3 aromatic rings. The van der Waals surface area contributed by atoms with E-state index in [1.165, 1.54) is 12.1 Å². The second kappa shape index (κ2) is 6.62. The molecule has 0 aliphatic rings. The highest BCUT2D eigenvalue weighted by Crippen LogP contribution is 2.20. The minimum absolute atomic E-state index is 0.187. The van der Waals surface area contributed by atoms with Crippen molar-refractivity contribution in [3.05, 3.63) is 77.0 Å². The molecule has 0 saturated carbocycles. The standard InChI is InChI=1S/C17H11ClFNO3/c18-12-6-7-13(14(19)8-12)17(21)22-10-16-20-9-15(23-16)11-4-2-1-3-5-11/h1-9H,10H2. The number of nitrogens with zero attached hydrogens (tertiary/aromatic N) is 1. The molecular formula is C17H11ClFNO3. The number of oxazole rings is 1. The third-order valence-electron chi connectivity index (χ3n) is 3.09. The van der Waals surface area contributed by atoms with E-state index in [0.29, 0.717) is 5.76 Å². The first kappa shape index (κ1) is 15.2. The van der Waals surface area contributed by atoms with Gasteiger partial charge < -0.3 is 9.15 Å². The molecule has 1 aromatic heterocycles. The number of halogens is 2. The molecule has 0 saturated heterocycles. The van der Waals surface area contributed by atoms with Gasteiger partial charge in [-0.05, 0) is 18.2 Å². The van der Waals surface area contributed by atoms with Gasteiger partial charge in [0, 0.05) is 10.6 Å². The van der Waals surface area contributed by atoms with Gasteiger partial charge in [0.05, 0.1) is 11.8 Å². The van der Waals surface area contributed by atoms with Crippen molar-refractivity contribution in [1.29, 1.82) is 0 Å². The Morgan fingerprint density at radius 3 is 2.74 bits per heavy atom. The van der Waals surface area contributed by atoms with Gasteiger partial charge in [0.15, 0.2) is 12.4 Å². The largest absolute Gasteiger partial charge is 0.452 e. The number of hydrogen-bond donors (Lipinski definition) is 0. The summed E-state index contributed by atoms with van der Waals surface area (Å²) < 4.78 is 24.1. The van der Waals surface area contributed by atoms with Crippen LogP contribution in [0, 0.1) is 5.82 Å². The van der Waals surface area contributed by atoms with E-state index in [2.05, 4.69) is 4.98 Å². The maximum Gasteiger partial charge on any atom is 0.341 e. The summed E-state index contributed by atoms with van der Waals surface area (Å²) in [7, 11) is 0. The summed E-state index contributed by atoms with van der Waals surface area (Å²) in [6.45, 7) is -0.187. The second-order valence-electron chi connectivity index (χ2n) is 4.68. The first-order chi connectivity index (χ1) is 11.1. The van der Waals surface area contributed by atoms with Crippen LogP contribution in [0.1, 0.15) is 16.2 Å². The monoisotopic (exact) mass is 331 g/mol. The number of hydrogen-bond acceptors (Lipinski definition) is 4. The lowest BCUT2D eigenvalue weighted by Crippen LogP contribution is -2.07. The molecule has 116 valence electrons. The lowest BCUT2D eigenvalue weighted by atomic mass is 10.2. The Balaban J connectivity index is 1.67. The van der Waals surface area contributed by atoms with Gasteiger partial charge >= 0.3 is 5.97 Å². The normalized spacial score (nSPS) is 10.5. The number of aromatic nitrogens is 1. The van der Waals surface area contributed by atoms with E-state index in [1.54, 1.807) is 6.20 Å². The lowest BCUT2D eigenvalue weighted by Gasteiger charge is -2.03. The summed E-state index contributed by atoms with van der Waals surface area (Å²) in [6, 6.07) is 13.1. The van der Waals surface area contributed by atoms with Crippen molar-refractivity contribution in [3.8, 4) is 11.3 Å². The third-order valence-corrected chi connectivity index (χ3v) is 3.32. The Bertz CT molecular complexity index is 833. The molecule has 2 aromatic carbocycles. The van der Waals surface area contributed by atoms with Gasteiger partial charge in [-0.1, -0.05) is 41.9 Å². The van der Waals surface area contributed by atoms with Crippen LogP contribution >= 0.6 is 11.6 Å². The van der Waals surface area contributed by atoms with Crippen molar-refractivity contribution in [2.75, 3.05) is 0 Å². The number of rotatable bonds is 4. The molecule has 1 heterocycles. The average Bonchev–Trinajstić information content (AvgIpc) is 3.02. The maximum absolute atomic E-state index is 13.6. The minimum Gasteiger partial charge on any atom is -0.452 e. The molecule has 0 N–H and O–H groups in total. The van der Waals surface area contributed by atoms with Gasteiger partial charge in [-0.25, -0.2) is 14.2 Å². The van der Waals surface area contributed by atoms with Gasteiger partial charge in [-0.2, -0.15) is 0 Å². The summed E-state index contributed by atoms with van der Waals surface area (Å²) in [5.74, 6) is -0.751. The number of ether oxygens (including phenoxy) is 1. The molecule has 0 aliphatic heterocycles. The molecule has 23 heavy (non-hydrogen) atoms. The van der Waals surface area contributed by atoms with Crippen molar-refractivity contribution in [2.24, 2.45) is 0 Å². The Morgan fingerprint density at radius 2 is 2.00 bits per heavy atom. The van der Waals surface area contributed by atoms with Gasteiger partial charge in [-0.15, -0.1) is 0 Å². The molecule has 0 atom stereocenters. The zero-order chi connectivity index (χ0) is 16.2. The first-order valence-electron chi connectivity index (χ1n) is 6.76. The molecule has 6 heteroatoms. The summed E-state index contributed by atoms with van der Waals surface area (Å²) >= 11 is 5.64. The van der Waals surface area contributed by atoms with Crippen molar-refractivity contribution in [1.82, 2.24) is 4.98 Å². The molecule has 0 fully saturated rings. The molecule has 0 radical (unpaired) electrons. The van der Waals surface area contributed by atoms with E-state index >= 15 is 0 Å². The predicted octanol–water partition coefficient (Wildman–Crippen LogP) is 4.49. The van der Waals surface area contributed by atoms with Crippen LogP contribution < -0.4 is 0 Å². The van der Waals surface area contributed by atoms with Gasteiger partial charge in [0.2, 0.25) is 5.89 Å². The smallest absolute Gasteiger partial charge is 0.341 e. The molecule has 0 spiro atoms. The van der Waals surface area contributed by atoms with Crippen LogP contribution in [0.3, 0.4) is 0 Å². The van der Waals surface area contributed by atoms with Gasteiger partial charge in [0.1, 0.15) is 5.82 Å². The van der Waals surface area contributed by atoms with Crippen LogP contribution in [0.4, 0.5) is 4.39 Å². The van der Waals surface area contributed by atoms with Crippen LogP contribution in [0.5, 0.6) is 0 Å². The summed E-state index contributed by atoms with van der Waals surface area (Å²) in [5, 5.41) is 0.208. The van der Waals surface area contributed by atoms with E-state index in [4.69, 9.17) is 20.8 Å². The highest BCUT2D eigenvalue weighted by molar-refractivity contribution is 6.30. The second-order valence-corrected chi connectivity index (χ2v) is 5.12. The molecule has 4 nitrogen and oxygen atoms in total. The summed E-state index contributed by atoms with van der Waals surface area (Å²) in [4.78, 5) is 15.9. The van der Waals surface area contributed by atoms with Crippen LogP contribution in [-0.2, 0) is 11.3 Å². The first-order valence-corrected chi connectivity index (χ1v) is 7.13. The molecule has 0 aliphatic carbocycles. The maximum atomic E-state index is 13.6. The van der Waals surface area contributed by atoms with Gasteiger partial charge in [-0.3, -0.25) is 0 Å². The van der Waals surface area contributed by atoms with E-state index in [-0.39, 0.29) is 23.1 Å². The van der Waals surface area contributed by atoms with Crippen molar-refractivity contribution in [3.63, 3.8) is 0 Å². The summed E-state index contributed by atoms with van der Waals surface area (Å²) in [5.41, 5.74) is 0.672. The van der Waals surface area contributed by atoms with Crippen LogP contribution in [0.25, 0.3) is 11.3 Å². The van der Waals surface area contributed by atoms with E-state index in [1.807, 2.05) is 30.3 Å². The Morgan fingerprint density at radius 1 is 1.22 bits per heavy atom. The topological polar surface area (TPSA) is 52.3 Å². The SMILES string of the molecule is O=C(OCc1ncc(-c2ccccc2)o1)c1ccc(Cl)cc1F. The Hall–Kier alpha value is -2.66. The van der Waals surface area contributed by atoms with Crippen molar-refractivity contribution >= 4 is 17.6 Å². The predicted molar refractivity (Wildman–Crippen MR) is 82.5 cm³/mol. The summed E-state index contributed by atoms with van der Waals surface area (Å²) in [6.07, 6.45) is 1.54. The lowest BCUT2D eigenvalue weighted by molar-refractivity contribution is 0.0433. The number of carbonyl (C=O) groups excluding carboxylic acids is 1. The molecule has 0 bridgehead atoms. The highest BCUT2D eigenvalue weighted by atomic mass is 35.5. The van der Waals surface area contributed by atoms with E-state index in [0.717, 1.165) is 11.6 Å². The van der Waals surface area contributed by atoms with Crippen LogP contribution in [0.2, 0.25) is 5.02 Å². The number of benzene rings is 2. The minimum atomic E-state index is -0.807. The molecule has 0 unspecified atom stereocenters. The Kier molecular flexibility index (Phi) is 4.39. The zero-order valence-corrected chi connectivity index (χ0v) is 12.6. The van der Waals surface area contributed by atoms with Crippen molar-refractivity contribution < 1.29 is 18.3 Å². The fourth-order valence-corrected chi connectivity index (χ4v) is 2.13. The quantitative estimate of drug-likeness (QED) is 0.661. The molecule has 0 amide bonds. The fourth-order valence-electron chi connectivity index (χ4n) is 1.97. The van der Waals surface area contributed by atoms with Crippen LogP contribution in [0.15, 0.2) is 59.1 Å². The fraction of sp³-hybridized carbons (Fsp3) is 0.0588. The van der Waals surface area contributed by atoms with Gasteiger partial charge in [0.25, 0.3) is 0 Å². The highest BCUT2D eigenvalue weighted by Gasteiger charge is 2.15. The molecule has 3 rings (SSSR count). The molecular weight excluding hydrogens is 321 g/mol. The van der Waals surface area contributed by atoms with Crippen molar-refractivity contribution in [2.45, 2.75) is 6.61 Å². The van der Waals surface area contributed by atoms with Crippen LogP contribution in [-0.4, -0.2) is 11.0 Å². The number of carbonyl (C=O) groups is 1. The Labute approximate surface area is 136 Å².